The summed E-state index contributed by atoms with van der Waals surface area (Å²) in [5, 5.41) is 13.5. The number of carbonyl (C=O) groups excluding carboxylic acids is 1. The van der Waals surface area contributed by atoms with E-state index < -0.39 is 12.1 Å². The quantitative estimate of drug-likeness (QED) is 0.842. The molecule has 25 heavy (non-hydrogen) atoms. The van der Waals surface area contributed by atoms with E-state index in [-0.39, 0.29) is 18.4 Å². The molecule has 0 saturated carbocycles. The molecule has 1 fully saturated rings. The Morgan fingerprint density at radius 1 is 1.04 bits per heavy atom. The summed E-state index contributed by atoms with van der Waals surface area (Å²) in [7, 11) is 0. The molecule has 1 heterocycles. The molecule has 2 aromatic carbocycles. The van der Waals surface area contributed by atoms with Crippen LogP contribution in [0.15, 0.2) is 48.5 Å². The van der Waals surface area contributed by atoms with Crippen LogP contribution in [0.1, 0.15) is 29.9 Å². The molecule has 1 saturated heterocycles. The number of rotatable bonds is 4. The van der Waals surface area contributed by atoms with Crippen molar-refractivity contribution in [2.24, 2.45) is 5.92 Å². The lowest BCUT2D eigenvalue weighted by atomic mass is 9.92. The summed E-state index contributed by atoms with van der Waals surface area (Å²) in [6, 6.07) is 16.5. The molecule has 0 bridgehead atoms. The highest BCUT2D eigenvalue weighted by molar-refractivity contribution is 5.79. The number of aliphatic hydroxyl groups excluding tert-OH is 1. The van der Waals surface area contributed by atoms with E-state index in [1.165, 1.54) is 22.3 Å². The molecule has 1 aliphatic heterocycles. The zero-order valence-corrected chi connectivity index (χ0v) is 14.2. The molecule has 0 radical (unpaired) electrons. The van der Waals surface area contributed by atoms with E-state index in [2.05, 4.69) is 29.6 Å². The third-order valence-corrected chi connectivity index (χ3v) is 5.43. The van der Waals surface area contributed by atoms with Gasteiger partial charge in [0.1, 0.15) is 6.61 Å². The normalized spacial score (nSPS) is 18.4. The molecular weight excluding hydrogens is 314 g/mol. The standard InChI is InChI=1S/C21H23NO3/c23-20(14-9-11-22-12-10-14)21(24)25-13-19-17-7-3-1-5-15(17)16-6-2-4-8-18(16)19/h1-8,14,19-20,22-23H,9-13H2. The second-order valence-electron chi connectivity index (χ2n) is 6.89. The SMILES string of the molecule is O=C(OCC1c2ccccc2-c2ccccc21)C(O)C1CCNCC1. The average molecular weight is 337 g/mol. The number of fused-ring (bicyclic) bond motifs is 3. The number of ether oxygens (including phenoxy) is 1. The summed E-state index contributed by atoms with van der Waals surface area (Å²) in [5.74, 6) is -0.456. The van der Waals surface area contributed by atoms with E-state index in [0.717, 1.165) is 25.9 Å². The number of hydrogen-bond donors (Lipinski definition) is 2. The third kappa shape index (κ3) is 3.08. The highest BCUT2D eigenvalue weighted by Crippen LogP contribution is 2.44. The number of aliphatic hydroxyl groups is 1. The largest absolute Gasteiger partial charge is 0.463 e. The third-order valence-electron chi connectivity index (χ3n) is 5.43. The van der Waals surface area contributed by atoms with Gasteiger partial charge in [0, 0.05) is 5.92 Å². The zero-order chi connectivity index (χ0) is 17.2. The Morgan fingerprint density at radius 3 is 2.20 bits per heavy atom. The molecule has 0 spiro atoms. The fourth-order valence-corrected chi connectivity index (χ4v) is 4.04. The van der Waals surface area contributed by atoms with Crippen LogP contribution in [0.3, 0.4) is 0 Å². The predicted molar refractivity (Wildman–Crippen MR) is 96.3 cm³/mol. The van der Waals surface area contributed by atoms with E-state index in [4.69, 9.17) is 4.74 Å². The molecule has 0 amide bonds. The van der Waals surface area contributed by atoms with Crippen molar-refractivity contribution < 1.29 is 14.6 Å². The van der Waals surface area contributed by atoms with Crippen molar-refractivity contribution in [1.82, 2.24) is 5.32 Å². The first kappa shape index (κ1) is 16.3. The molecule has 1 atom stereocenters. The van der Waals surface area contributed by atoms with Gasteiger partial charge in [-0.1, -0.05) is 48.5 Å². The molecule has 4 rings (SSSR count). The number of benzene rings is 2. The minimum atomic E-state index is -1.02. The molecule has 4 nitrogen and oxygen atoms in total. The van der Waals surface area contributed by atoms with Crippen LogP contribution in [-0.4, -0.2) is 36.9 Å². The molecule has 1 aliphatic carbocycles. The van der Waals surface area contributed by atoms with Gasteiger partial charge in [0.2, 0.25) is 0 Å². The summed E-state index contributed by atoms with van der Waals surface area (Å²) in [4.78, 5) is 12.3. The van der Waals surface area contributed by atoms with Crippen LogP contribution in [-0.2, 0) is 9.53 Å². The van der Waals surface area contributed by atoms with Gasteiger partial charge in [0.05, 0.1) is 0 Å². The minimum absolute atomic E-state index is 0.00287. The maximum atomic E-state index is 12.3. The number of piperidine rings is 1. The average Bonchev–Trinajstić information content (AvgIpc) is 3.00. The molecule has 2 aromatic rings. The Kier molecular flexibility index (Phi) is 4.55. The van der Waals surface area contributed by atoms with Crippen LogP contribution in [0.2, 0.25) is 0 Å². The smallest absolute Gasteiger partial charge is 0.335 e. The lowest BCUT2D eigenvalue weighted by Crippen LogP contribution is -2.39. The molecular formula is C21H23NO3. The Hall–Kier alpha value is -2.17. The van der Waals surface area contributed by atoms with E-state index in [1.54, 1.807) is 0 Å². The number of nitrogens with one attached hydrogen (secondary N) is 1. The first-order valence-corrected chi connectivity index (χ1v) is 8.99. The Bertz CT molecular complexity index is 722. The second-order valence-corrected chi connectivity index (χ2v) is 6.89. The summed E-state index contributed by atoms with van der Waals surface area (Å²) in [6.07, 6.45) is 0.602. The highest BCUT2D eigenvalue weighted by atomic mass is 16.5. The first-order chi connectivity index (χ1) is 12.3. The van der Waals surface area contributed by atoms with Gasteiger partial charge in [0.25, 0.3) is 0 Å². The van der Waals surface area contributed by atoms with Crippen molar-refractivity contribution in [2.45, 2.75) is 24.9 Å². The van der Waals surface area contributed by atoms with Gasteiger partial charge < -0.3 is 15.2 Å². The summed E-state index contributed by atoms with van der Waals surface area (Å²) in [6.45, 7) is 1.96. The minimum Gasteiger partial charge on any atom is -0.463 e. The Morgan fingerprint density at radius 2 is 1.60 bits per heavy atom. The molecule has 0 aromatic heterocycles. The van der Waals surface area contributed by atoms with E-state index >= 15 is 0 Å². The Labute approximate surface area is 147 Å². The molecule has 2 N–H and O–H groups in total. The fourth-order valence-electron chi connectivity index (χ4n) is 4.04. The number of esters is 1. The molecule has 2 aliphatic rings. The topological polar surface area (TPSA) is 58.6 Å². The van der Waals surface area contributed by atoms with Gasteiger partial charge in [-0.25, -0.2) is 4.79 Å². The molecule has 130 valence electrons. The van der Waals surface area contributed by atoms with Gasteiger partial charge in [-0.3, -0.25) is 0 Å². The first-order valence-electron chi connectivity index (χ1n) is 8.99. The summed E-state index contributed by atoms with van der Waals surface area (Å²) < 4.78 is 5.55. The maximum Gasteiger partial charge on any atom is 0.335 e. The highest BCUT2D eigenvalue weighted by Gasteiger charge is 2.32. The van der Waals surface area contributed by atoms with Crippen LogP contribution in [0.4, 0.5) is 0 Å². The Balaban J connectivity index is 1.48. The monoisotopic (exact) mass is 337 g/mol. The van der Waals surface area contributed by atoms with Crippen LogP contribution in [0, 0.1) is 5.92 Å². The van der Waals surface area contributed by atoms with Crippen molar-refractivity contribution in [3.05, 3.63) is 59.7 Å². The molecule has 4 heteroatoms. The maximum absolute atomic E-state index is 12.3. The van der Waals surface area contributed by atoms with Crippen LogP contribution < -0.4 is 5.32 Å². The van der Waals surface area contributed by atoms with Crippen molar-refractivity contribution in [2.75, 3.05) is 19.7 Å². The van der Waals surface area contributed by atoms with Gasteiger partial charge in [0.15, 0.2) is 6.10 Å². The summed E-state index contributed by atoms with van der Waals surface area (Å²) in [5.41, 5.74) is 4.79. The molecule has 1 unspecified atom stereocenters. The van der Waals surface area contributed by atoms with Crippen molar-refractivity contribution >= 4 is 5.97 Å². The van der Waals surface area contributed by atoms with Crippen molar-refractivity contribution in [3.8, 4) is 11.1 Å². The van der Waals surface area contributed by atoms with Crippen LogP contribution in [0.25, 0.3) is 11.1 Å². The van der Waals surface area contributed by atoms with Crippen LogP contribution in [0.5, 0.6) is 0 Å². The second kappa shape index (κ2) is 6.98. The van der Waals surface area contributed by atoms with Crippen molar-refractivity contribution in [1.29, 1.82) is 0 Å². The van der Waals surface area contributed by atoms with Gasteiger partial charge in [-0.15, -0.1) is 0 Å². The number of carbonyl (C=O) groups is 1. The van der Waals surface area contributed by atoms with E-state index in [0.29, 0.717) is 0 Å². The van der Waals surface area contributed by atoms with Gasteiger partial charge >= 0.3 is 5.97 Å². The lowest BCUT2D eigenvalue weighted by Gasteiger charge is -2.26. The fraction of sp³-hybridized carbons (Fsp3) is 0.381. The number of hydrogen-bond acceptors (Lipinski definition) is 4. The van der Waals surface area contributed by atoms with Crippen LogP contribution >= 0.6 is 0 Å². The summed E-state index contributed by atoms with van der Waals surface area (Å²) >= 11 is 0. The van der Waals surface area contributed by atoms with E-state index in [9.17, 15) is 9.90 Å². The van der Waals surface area contributed by atoms with Crippen molar-refractivity contribution in [3.63, 3.8) is 0 Å². The zero-order valence-electron chi connectivity index (χ0n) is 14.2. The predicted octanol–water partition coefficient (Wildman–Crippen LogP) is 2.70. The van der Waals surface area contributed by atoms with E-state index in [1.807, 2.05) is 24.3 Å². The lowest BCUT2D eigenvalue weighted by molar-refractivity contribution is -0.157. The van der Waals surface area contributed by atoms with Gasteiger partial charge in [-0.05, 0) is 54.1 Å². The van der Waals surface area contributed by atoms with Gasteiger partial charge in [-0.2, -0.15) is 0 Å².